The number of likely N-dealkylation sites (N-methyl/N-ethyl adjacent to an activating group) is 1. The van der Waals surface area contributed by atoms with E-state index >= 15 is 0 Å². The highest BCUT2D eigenvalue weighted by Crippen LogP contribution is 2.66. The molecule has 1 unspecified atom stereocenters. The first kappa shape index (κ1) is 18.2. The first-order valence-corrected chi connectivity index (χ1v) is 11.5. The van der Waals surface area contributed by atoms with E-state index in [1.54, 1.807) is 0 Å². The van der Waals surface area contributed by atoms with Gasteiger partial charge in [0.2, 0.25) is 0 Å². The molecule has 156 valence electrons. The van der Waals surface area contributed by atoms with Crippen molar-refractivity contribution < 1.29 is 23.9 Å². The third-order valence-electron chi connectivity index (χ3n) is 8.72. The number of carbonyl (C=O) groups excluding carboxylic acids is 1. The van der Waals surface area contributed by atoms with Crippen molar-refractivity contribution >= 4 is 5.78 Å². The van der Waals surface area contributed by atoms with Crippen molar-refractivity contribution in [2.24, 2.45) is 5.92 Å². The van der Waals surface area contributed by atoms with Crippen molar-refractivity contribution in [2.75, 3.05) is 26.7 Å². The molecule has 1 spiro atoms. The van der Waals surface area contributed by atoms with E-state index in [1.165, 1.54) is 18.4 Å². The normalized spacial score (nSPS) is 41.7. The van der Waals surface area contributed by atoms with Gasteiger partial charge in [0, 0.05) is 30.7 Å². The Balaban J connectivity index is 1.54. The van der Waals surface area contributed by atoms with Crippen molar-refractivity contribution in [1.82, 2.24) is 0 Å². The highest BCUT2D eigenvalue weighted by molar-refractivity contribution is 5.90. The number of piperidine rings is 1. The summed E-state index contributed by atoms with van der Waals surface area (Å²) < 4.78 is 13.3. The number of likely N-dealkylation sites (tertiary alicyclic amines) is 1. The fraction of sp³-hybridized carbons (Fsp3) is 0.708. The molecule has 0 aromatic heterocycles. The molecule has 1 saturated heterocycles. The number of ketones is 1. The lowest BCUT2D eigenvalue weighted by Gasteiger charge is -2.64. The van der Waals surface area contributed by atoms with Gasteiger partial charge in [-0.05, 0) is 37.3 Å². The maximum Gasteiger partial charge on any atom is 0.174 e. The van der Waals surface area contributed by atoms with Gasteiger partial charge < -0.3 is 19.1 Å². The Morgan fingerprint density at radius 3 is 2.90 bits per heavy atom. The fourth-order valence-corrected chi connectivity index (χ4v) is 7.25. The molecule has 2 bridgehead atoms. The third-order valence-corrected chi connectivity index (χ3v) is 8.72. The Hall–Kier alpha value is -1.59. The molecule has 1 aromatic rings. The molecule has 5 nitrogen and oxygen atoms in total. The van der Waals surface area contributed by atoms with Crippen molar-refractivity contribution in [2.45, 2.75) is 75.0 Å². The first-order chi connectivity index (χ1) is 13.9. The standard InChI is InChI=1S/C24H32NO4/c1-3-12-28-18-7-6-16-13-19-24(27)9-8-17(26)22-23(24,20(16)21(18)29-22)10-11-25(19,2)14-15-4-5-15/h6-7,15,19,22,27H,3-5,8-14H2,1-2H3/q+1/t19-,22+,23+,24-,25?/m1/s1. The molecule has 2 saturated carbocycles. The number of quaternary nitrogens is 1. The van der Waals surface area contributed by atoms with Crippen LogP contribution in [0.4, 0.5) is 0 Å². The molecule has 5 heteroatoms. The predicted octanol–water partition coefficient (Wildman–Crippen LogP) is 2.75. The van der Waals surface area contributed by atoms with Crippen LogP contribution in [-0.2, 0) is 16.6 Å². The van der Waals surface area contributed by atoms with Crippen molar-refractivity contribution in [3.63, 3.8) is 0 Å². The highest BCUT2D eigenvalue weighted by Gasteiger charge is 2.76. The van der Waals surface area contributed by atoms with E-state index in [9.17, 15) is 9.90 Å². The van der Waals surface area contributed by atoms with Gasteiger partial charge in [0.25, 0.3) is 0 Å². The molecule has 0 radical (unpaired) electrons. The Morgan fingerprint density at radius 2 is 2.14 bits per heavy atom. The number of Topliss-reactive ketones (excluding diaryl/α,β-unsaturated/α-hetero) is 1. The first-order valence-electron chi connectivity index (χ1n) is 11.5. The zero-order valence-corrected chi connectivity index (χ0v) is 17.6. The summed E-state index contributed by atoms with van der Waals surface area (Å²) in [6.07, 6.45) is 5.68. The van der Waals surface area contributed by atoms with Crippen LogP contribution in [0.3, 0.4) is 0 Å². The van der Waals surface area contributed by atoms with Crippen molar-refractivity contribution in [3.8, 4) is 11.5 Å². The number of ether oxygens (including phenoxy) is 2. The molecular weight excluding hydrogens is 366 g/mol. The van der Waals surface area contributed by atoms with Crippen LogP contribution in [0.15, 0.2) is 12.1 Å². The fourth-order valence-electron chi connectivity index (χ4n) is 7.25. The van der Waals surface area contributed by atoms with Crippen molar-refractivity contribution in [1.29, 1.82) is 0 Å². The Labute approximate surface area is 172 Å². The van der Waals surface area contributed by atoms with Gasteiger partial charge in [-0.15, -0.1) is 0 Å². The largest absolute Gasteiger partial charge is 0.490 e. The molecule has 29 heavy (non-hydrogen) atoms. The maximum atomic E-state index is 13.1. The summed E-state index contributed by atoms with van der Waals surface area (Å²) in [6, 6.07) is 4.33. The van der Waals surface area contributed by atoms with Gasteiger partial charge in [-0.25, -0.2) is 0 Å². The number of hydrogen-bond donors (Lipinski definition) is 1. The maximum absolute atomic E-state index is 13.1. The average Bonchev–Trinajstić information content (AvgIpc) is 3.42. The summed E-state index contributed by atoms with van der Waals surface area (Å²) in [6.45, 7) is 4.88. The van der Waals surface area contributed by atoms with E-state index in [4.69, 9.17) is 9.47 Å². The van der Waals surface area contributed by atoms with E-state index in [0.29, 0.717) is 19.4 Å². The summed E-state index contributed by atoms with van der Waals surface area (Å²) in [5.41, 5.74) is 0.883. The van der Waals surface area contributed by atoms with Gasteiger partial charge in [0.05, 0.1) is 32.2 Å². The van der Waals surface area contributed by atoms with Crippen LogP contribution in [0.1, 0.15) is 56.6 Å². The minimum atomic E-state index is -0.880. The molecule has 5 atom stereocenters. The molecule has 3 aliphatic carbocycles. The van der Waals surface area contributed by atoms with E-state index in [1.807, 2.05) is 6.07 Å². The molecule has 1 aromatic carbocycles. The Bertz CT molecular complexity index is 895. The highest BCUT2D eigenvalue weighted by atomic mass is 16.5. The van der Waals surface area contributed by atoms with Crippen LogP contribution in [0.5, 0.6) is 11.5 Å². The second kappa shape index (κ2) is 5.76. The molecule has 6 rings (SSSR count). The zero-order chi connectivity index (χ0) is 20.0. The van der Waals surface area contributed by atoms with Gasteiger partial charge in [0.15, 0.2) is 23.4 Å². The van der Waals surface area contributed by atoms with Crippen LogP contribution in [0.2, 0.25) is 0 Å². The minimum Gasteiger partial charge on any atom is -0.490 e. The smallest absolute Gasteiger partial charge is 0.174 e. The molecule has 3 fully saturated rings. The summed E-state index contributed by atoms with van der Waals surface area (Å²) >= 11 is 0. The van der Waals surface area contributed by atoms with Crippen molar-refractivity contribution in [3.05, 3.63) is 23.3 Å². The van der Waals surface area contributed by atoms with E-state index in [-0.39, 0.29) is 11.8 Å². The zero-order valence-electron chi connectivity index (χ0n) is 17.6. The second-order valence-corrected chi connectivity index (χ2v) is 10.4. The molecule has 0 amide bonds. The number of nitrogens with zero attached hydrogens (tertiary/aromatic N) is 1. The van der Waals surface area contributed by atoms with E-state index in [0.717, 1.165) is 59.8 Å². The monoisotopic (exact) mass is 398 g/mol. The number of carbonyl (C=O) groups is 1. The number of rotatable bonds is 5. The number of benzene rings is 1. The van der Waals surface area contributed by atoms with Gasteiger partial charge in [-0.1, -0.05) is 13.0 Å². The van der Waals surface area contributed by atoms with Crippen LogP contribution >= 0.6 is 0 Å². The van der Waals surface area contributed by atoms with E-state index < -0.39 is 17.1 Å². The topological polar surface area (TPSA) is 55.8 Å². The van der Waals surface area contributed by atoms with Crippen LogP contribution in [0.25, 0.3) is 0 Å². The summed E-state index contributed by atoms with van der Waals surface area (Å²) in [5.74, 6) is 2.44. The van der Waals surface area contributed by atoms with Crippen LogP contribution in [-0.4, -0.2) is 59.9 Å². The Kier molecular flexibility index (Phi) is 3.62. The molecular formula is C24H32NO4+. The van der Waals surface area contributed by atoms with Crippen LogP contribution in [0, 0.1) is 5.92 Å². The SMILES string of the molecule is CCCOc1ccc2c3c1O[C@H]1C(=O)CC[C@@]4(O)[C@@H](C2)[N+](C)(CC2CC2)CC[C@]314. The summed E-state index contributed by atoms with van der Waals surface area (Å²) in [5, 5.41) is 12.4. The molecule has 2 aliphatic heterocycles. The lowest BCUT2D eigenvalue weighted by atomic mass is 9.48. The number of hydrogen-bond acceptors (Lipinski definition) is 4. The van der Waals surface area contributed by atoms with Gasteiger partial charge in [0.1, 0.15) is 11.6 Å². The third kappa shape index (κ3) is 2.16. The van der Waals surface area contributed by atoms with E-state index in [2.05, 4.69) is 20.0 Å². The summed E-state index contributed by atoms with van der Waals surface area (Å²) in [4.78, 5) is 13.1. The van der Waals surface area contributed by atoms with Gasteiger partial charge >= 0.3 is 0 Å². The quantitative estimate of drug-likeness (QED) is 0.775. The lowest BCUT2D eigenvalue weighted by molar-refractivity contribution is -0.950. The van der Waals surface area contributed by atoms with Gasteiger partial charge in [-0.3, -0.25) is 4.79 Å². The minimum absolute atomic E-state index is 0.136. The lowest BCUT2D eigenvalue weighted by Crippen LogP contribution is -2.80. The predicted molar refractivity (Wildman–Crippen MR) is 108 cm³/mol. The second-order valence-electron chi connectivity index (χ2n) is 10.4. The molecule has 1 N–H and O–H groups in total. The molecule has 2 heterocycles. The number of aliphatic hydroxyl groups is 1. The Morgan fingerprint density at radius 1 is 1.31 bits per heavy atom. The molecule has 5 aliphatic rings. The van der Waals surface area contributed by atoms with Crippen LogP contribution < -0.4 is 9.47 Å². The van der Waals surface area contributed by atoms with Gasteiger partial charge in [-0.2, -0.15) is 0 Å². The average molecular weight is 399 g/mol. The summed E-state index contributed by atoms with van der Waals surface area (Å²) in [7, 11) is 2.35.